The first-order valence-corrected chi connectivity index (χ1v) is 7.02. The fraction of sp³-hybridized carbons (Fsp3) is 0.294. The average Bonchev–Trinajstić information content (AvgIpc) is 2.44. The quantitative estimate of drug-likeness (QED) is 0.907. The van der Waals surface area contributed by atoms with E-state index in [9.17, 15) is 0 Å². The first-order chi connectivity index (χ1) is 9.56. The molecule has 1 atom stereocenters. The summed E-state index contributed by atoms with van der Waals surface area (Å²) in [6.07, 6.45) is 0. The van der Waals surface area contributed by atoms with E-state index in [2.05, 4.69) is 37.4 Å². The highest BCUT2D eigenvalue weighted by atomic mass is 35.5. The van der Waals surface area contributed by atoms with Gasteiger partial charge in [-0.15, -0.1) is 0 Å². The fourth-order valence-electron chi connectivity index (χ4n) is 2.37. The Bertz CT molecular complexity index is 610. The summed E-state index contributed by atoms with van der Waals surface area (Å²) < 4.78 is 5.46. The molecular weight excluding hydrogens is 270 g/mol. The zero-order valence-electron chi connectivity index (χ0n) is 12.3. The van der Waals surface area contributed by atoms with Crippen molar-refractivity contribution in [3.63, 3.8) is 0 Å². The fourth-order valence-corrected chi connectivity index (χ4v) is 2.53. The molecule has 0 saturated heterocycles. The molecule has 0 aliphatic carbocycles. The molecule has 0 amide bonds. The van der Waals surface area contributed by atoms with Crippen molar-refractivity contribution in [3.05, 3.63) is 63.7 Å². The molecule has 106 valence electrons. The molecule has 2 rings (SSSR count). The average molecular weight is 290 g/mol. The summed E-state index contributed by atoms with van der Waals surface area (Å²) in [6.45, 7) is 4.25. The van der Waals surface area contributed by atoms with E-state index in [1.165, 1.54) is 16.7 Å². The first kappa shape index (κ1) is 14.9. The van der Waals surface area contributed by atoms with Crippen molar-refractivity contribution < 1.29 is 4.74 Å². The minimum Gasteiger partial charge on any atom is -0.496 e. The van der Waals surface area contributed by atoms with Gasteiger partial charge in [-0.25, -0.2) is 0 Å². The Morgan fingerprint density at radius 3 is 2.40 bits per heavy atom. The Kier molecular flexibility index (Phi) is 4.69. The third kappa shape index (κ3) is 2.97. The van der Waals surface area contributed by atoms with Crippen molar-refractivity contribution in [3.8, 4) is 5.75 Å². The highest BCUT2D eigenvalue weighted by Gasteiger charge is 2.17. The molecule has 0 aliphatic heterocycles. The molecule has 2 aromatic rings. The Balaban J connectivity index is 2.49. The lowest BCUT2D eigenvalue weighted by Crippen LogP contribution is -2.18. The number of hydrogen-bond acceptors (Lipinski definition) is 2. The third-order valence-corrected chi connectivity index (χ3v) is 3.89. The second-order valence-electron chi connectivity index (χ2n) is 4.95. The van der Waals surface area contributed by atoms with Gasteiger partial charge in [0, 0.05) is 10.6 Å². The van der Waals surface area contributed by atoms with Crippen LogP contribution in [0, 0.1) is 13.8 Å². The van der Waals surface area contributed by atoms with Gasteiger partial charge in [0.05, 0.1) is 13.2 Å². The van der Waals surface area contributed by atoms with Crippen LogP contribution >= 0.6 is 11.6 Å². The zero-order valence-corrected chi connectivity index (χ0v) is 13.1. The van der Waals surface area contributed by atoms with E-state index in [0.29, 0.717) is 5.02 Å². The molecule has 0 saturated carbocycles. The van der Waals surface area contributed by atoms with E-state index in [0.717, 1.165) is 11.3 Å². The summed E-state index contributed by atoms with van der Waals surface area (Å²) in [5.41, 5.74) is 4.89. The van der Waals surface area contributed by atoms with E-state index in [4.69, 9.17) is 16.3 Å². The number of aryl methyl sites for hydroxylation is 2. The summed E-state index contributed by atoms with van der Waals surface area (Å²) in [5, 5.41) is 4.03. The molecular formula is C17H20ClNO. The highest BCUT2D eigenvalue weighted by Crippen LogP contribution is 2.32. The Morgan fingerprint density at radius 1 is 1.05 bits per heavy atom. The molecule has 0 spiro atoms. The van der Waals surface area contributed by atoms with Crippen LogP contribution in [-0.2, 0) is 0 Å². The van der Waals surface area contributed by atoms with Gasteiger partial charge in [-0.1, -0.05) is 35.9 Å². The maximum absolute atomic E-state index is 6.04. The maximum Gasteiger partial charge on any atom is 0.125 e. The van der Waals surface area contributed by atoms with Crippen molar-refractivity contribution in [2.24, 2.45) is 0 Å². The number of hydrogen-bond donors (Lipinski definition) is 1. The van der Waals surface area contributed by atoms with Gasteiger partial charge in [-0.05, 0) is 49.7 Å². The van der Waals surface area contributed by atoms with Gasteiger partial charge in [0.1, 0.15) is 5.75 Å². The van der Waals surface area contributed by atoms with Crippen molar-refractivity contribution in [2.75, 3.05) is 14.2 Å². The second kappa shape index (κ2) is 6.29. The van der Waals surface area contributed by atoms with Crippen LogP contribution in [0.5, 0.6) is 5.75 Å². The number of halogens is 1. The number of nitrogens with one attached hydrogen (secondary N) is 1. The SMILES string of the molecule is CNC(c1ccc(C)c(C)c1)c1ccc(Cl)cc1OC. The molecule has 0 aliphatic rings. The van der Waals surface area contributed by atoms with Gasteiger partial charge in [0.2, 0.25) is 0 Å². The number of ether oxygens (including phenoxy) is 1. The summed E-state index contributed by atoms with van der Waals surface area (Å²) in [7, 11) is 3.62. The van der Waals surface area contributed by atoms with E-state index < -0.39 is 0 Å². The van der Waals surface area contributed by atoms with Crippen LogP contribution in [0.15, 0.2) is 36.4 Å². The van der Waals surface area contributed by atoms with Gasteiger partial charge in [-0.2, -0.15) is 0 Å². The molecule has 1 N–H and O–H groups in total. The first-order valence-electron chi connectivity index (χ1n) is 6.64. The predicted molar refractivity (Wildman–Crippen MR) is 84.8 cm³/mol. The minimum atomic E-state index is 0.0847. The minimum absolute atomic E-state index is 0.0847. The maximum atomic E-state index is 6.04. The molecule has 20 heavy (non-hydrogen) atoms. The van der Waals surface area contributed by atoms with Crippen LogP contribution in [-0.4, -0.2) is 14.2 Å². The van der Waals surface area contributed by atoms with Gasteiger partial charge in [0.15, 0.2) is 0 Å². The van der Waals surface area contributed by atoms with Crippen LogP contribution in [0.3, 0.4) is 0 Å². The highest BCUT2D eigenvalue weighted by molar-refractivity contribution is 6.30. The molecule has 2 aromatic carbocycles. The van der Waals surface area contributed by atoms with Crippen molar-refractivity contribution >= 4 is 11.6 Å². The molecule has 0 aromatic heterocycles. The second-order valence-corrected chi connectivity index (χ2v) is 5.39. The molecule has 0 fully saturated rings. The van der Waals surface area contributed by atoms with Crippen LogP contribution in [0.1, 0.15) is 28.3 Å². The zero-order chi connectivity index (χ0) is 14.7. The van der Waals surface area contributed by atoms with Crippen molar-refractivity contribution in [1.29, 1.82) is 0 Å². The van der Waals surface area contributed by atoms with Gasteiger partial charge < -0.3 is 10.1 Å². The lowest BCUT2D eigenvalue weighted by Gasteiger charge is -2.21. The summed E-state index contributed by atoms with van der Waals surface area (Å²) in [4.78, 5) is 0. The Labute approximate surface area is 125 Å². The number of benzene rings is 2. The summed E-state index contributed by atoms with van der Waals surface area (Å²) in [6, 6.07) is 12.4. The van der Waals surface area contributed by atoms with Gasteiger partial charge >= 0.3 is 0 Å². The molecule has 1 unspecified atom stereocenters. The van der Waals surface area contributed by atoms with E-state index >= 15 is 0 Å². The smallest absolute Gasteiger partial charge is 0.125 e. The molecule has 2 nitrogen and oxygen atoms in total. The summed E-state index contributed by atoms with van der Waals surface area (Å²) >= 11 is 6.04. The van der Waals surface area contributed by atoms with E-state index in [-0.39, 0.29) is 6.04 Å². The van der Waals surface area contributed by atoms with Crippen LogP contribution in [0.2, 0.25) is 5.02 Å². The van der Waals surface area contributed by atoms with Crippen molar-refractivity contribution in [2.45, 2.75) is 19.9 Å². The van der Waals surface area contributed by atoms with Gasteiger partial charge in [0.25, 0.3) is 0 Å². The lowest BCUT2D eigenvalue weighted by molar-refractivity contribution is 0.405. The Hall–Kier alpha value is -1.51. The van der Waals surface area contributed by atoms with Crippen LogP contribution < -0.4 is 10.1 Å². The number of rotatable bonds is 4. The normalized spacial score (nSPS) is 12.2. The molecule has 0 radical (unpaired) electrons. The van der Waals surface area contributed by atoms with Crippen molar-refractivity contribution in [1.82, 2.24) is 5.32 Å². The Morgan fingerprint density at radius 2 is 1.80 bits per heavy atom. The third-order valence-electron chi connectivity index (χ3n) is 3.66. The monoisotopic (exact) mass is 289 g/mol. The standard InChI is InChI=1S/C17H20ClNO/c1-11-5-6-13(9-12(11)2)17(19-3)15-8-7-14(18)10-16(15)20-4/h5-10,17,19H,1-4H3. The van der Waals surface area contributed by atoms with Crippen LogP contribution in [0.4, 0.5) is 0 Å². The lowest BCUT2D eigenvalue weighted by atomic mass is 9.95. The number of methoxy groups -OCH3 is 1. The molecule has 0 bridgehead atoms. The molecule has 3 heteroatoms. The topological polar surface area (TPSA) is 21.3 Å². The van der Waals surface area contributed by atoms with Crippen LogP contribution in [0.25, 0.3) is 0 Å². The summed E-state index contributed by atoms with van der Waals surface area (Å²) in [5.74, 6) is 0.801. The van der Waals surface area contributed by atoms with E-state index in [1.54, 1.807) is 7.11 Å². The largest absolute Gasteiger partial charge is 0.496 e. The van der Waals surface area contributed by atoms with Gasteiger partial charge in [-0.3, -0.25) is 0 Å². The van der Waals surface area contributed by atoms with E-state index in [1.807, 2.05) is 25.2 Å². The predicted octanol–water partition coefficient (Wildman–Crippen LogP) is 4.27. The molecule has 0 heterocycles.